The van der Waals surface area contributed by atoms with Crippen LogP contribution in [0.4, 0.5) is 0 Å². The van der Waals surface area contributed by atoms with E-state index < -0.39 is 0 Å². The number of hydrogen-bond acceptors (Lipinski definition) is 4. The fraction of sp³-hybridized carbons (Fsp3) is 0.846. The van der Waals surface area contributed by atoms with Crippen LogP contribution in [0.3, 0.4) is 0 Å². The lowest BCUT2D eigenvalue weighted by molar-refractivity contribution is 0.197. The van der Waals surface area contributed by atoms with Gasteiger partial charge in [-0.3, -0.25) is 0 Å². The minimum atomic E-state index is 0.162. The Bertz CT molecular complexity index is 350. The zero-order valence-electron chi connectivity index (χ0n) is 10.9. The van der Waals surface area contributed by atoms with Gasteiger partial charge in [-0.2, -0.15) is 0 Å². The highest BCUT2D eigenvalue weighted by atomic mass is 32.1. The molecule has 3 unspecified atom stereocenters. The van der Waals surface area contributed by atoms with Crippen molar-refractivity contribution in [2.24, 2.45) is 17.6 Å². The molecule has 0 aromatic carbocycles. The molecule has 3 nitrogen and oxygen atoms in total. The zero-order chi connectivity index (χ0) is 12.3. The number of hydrogen-bond donors (Lipinski definition) is 1. The largest absolute Gasteiger partial charge is 0.323 e. The molecule has 1 aromatic rings. The van der Waals surface area contributed by atoms with Crippen molar-refractivity contribution in [2.45, 2.75) is 58.4 Å². The summed E-state index contributed by atoms with van der Waals surface area (Å²) in [6.45, 7) is 4.42. The Labute approximate surface area is 108 Å². The molecule has 1 aliphatic rings. The van der Waals surface area contributed by atoms with E-state index in [1.54, 1.807) is 0 Å². The molecular formula is C13H23N3S. The fourth-order valence-electron chi connectivity index (χ4n) is 3.12. The van der Waals surface area contributed by atoms with Crippen molar-refractivity contribution in [1.82, 2.24) is 9.59 Å². The summed E-state index contributed by atoms with van der Waals surface area (Å²) < 4.78 is 4.07. The summed E-state index contributed by atoms with van der Waals surface area (Å²) >= 11 is 1.50. The first kappa shape index (κ1) is 13.0. The van der Waals surface area contributed by atoms with Crippen LogP contribution in [0.2, 0.25) is 0 Å². The van der Waals surface area contributed by atoms with Crippen LogP contribution in [-0.2, 0) is 6.42 Å². The van der Waals surface area contributed by atoms with Crippen molar-refractivity contribution in [3.8, 4) is 0 Å². The second-order valence-corrected chi connectivity index (χ2v) is 5.87. The highest BCUT2D eigenvalue weighted by Gasteiger charge is 2.31. The Hall–Kier alpha value is -0.480. The molecule has 4 heteroatoms. The highest BCUT2D eigenvalue weighted by molar-refractivity contribution is 7.05. The third-order valence-corrected chi connectivity index (χ3v) is 5.04. The van der Waals surface area contributed by atoms with Gasteiger partial charge in [-0.15, -0.1) is 5.10 Å². The van der Waals surface area contributed by atoms with Gasteiger partial charge in [-0.1, -0.05) is 44.0 Å². The van der Waals surface area contributed by atoms with Crippen LogP contribution in [0, 0.1) is 11.8 Å². The zero-order valence-corrected chi connectivity index (χ0v) is 11.7. The van der Waals surface area contributed by atoms with Crippen LogP contribution >= 0.6 is 11.5 Å². The average Bonchev–Trinajstić information content (AvgIpc) is 2.86. The predicted octanol–water partition coefficient (Wildman–Crippen LogP) is 3.32. The first-order valence-corrected chi connectivity index (χ1v) is 7.61. The third kappa shape index (κ3) is 2.68. The smallest absolute Gasteiger partial charge is 0.0801 e. The maximum atomic E-state index is 6.49. The lowest BCUT2D eigenvalue weighted by Gasteiger charge is -2.34. The Balaban J connectivity index is 2.15. The van der Waals surface area contributed by atoms with Crippen LogP contribution in [-0.4, -0.2) is 9.59 Å². The molecule has 3 atom stereocenters. The molecule has 0 spiro atoms. The normalized spacial score (nSPS) is 27.0. The molecule has 1 saturated carbocycles. The van der Waals surface area contributed by atoms with Gasteiger partial charge in [0.05, 0.1) is 10.6 Å². The molecule has 0 radical (unpaired) electrons. The summed E-state index contributed by atoms with van der Waals surface area (Å²) in [5, 5.41) is 4.19. The molecule has 1 aliphatic carbocycles. The van der Waals surface area contributed by atoms with Crippen molar-refractivity contribution in [3.63, 3.8) is 0 Å². The van der Waals surface area contributed by atoms with E-state index in [1.807, 2.05) is 0 Å². The molecule has 1 heterocycles. The van der Waals surface area contributed by atoms with Crippen LogP contribution in [0.25, 0.3) is 0 Å². The van der Waals surface area contributed by atoms with E-state index in [4.69, 9.17) is 5.73 Å². The summed E-state index contributed by atoms with van der Waals surface area (Å²) in [5.41, 5.74) is 7.60. The molecule has 0 amide bonds. The summed E-state index contributed by atoms with van der Waals surface area (Å²) in [7, 11) is 0. The van der Waals surface area contributed by atoms with Crippen LogP contribution in [0.1, 0.15) is 62.6 Å². The molecule has 2 N–H and O–H groups in total. The lowest BCUT2D eigenvalue weighted by Crippen LogP contribution is -2.30. The van der Waals surface area contributed by atoms with Gasteiger partial charge in [0.1, 0.15) is 0 Å². The SMILES string of the molecule is CCc1nnsc1C(N)C1CCCCC1CC. The van der Waals surface area contributed by atoms with Gasteiger partial charge < -0.3 is 5.73 Å². The minimum absolute atomic E-state index is 0.162. The molecule has 0 bridgehead atoms. The van der Waals surface area contributed by atoms with E-state index in [2.05, 4.69) is 23.4 Å². The van der Waals surface area contributed by atoms with E-state index in [-0.39, 0.29) is 6.04 Å². The maximum absolute atomic E-state index is 6.49. The topological polar surface area (TPSA) is 51.8 Å². The van der Waals surface area contributed by atoms with E-state index in [0.29, 0.717) is 5.92 Å². The number of rotatable bonds is 4. The number of aryl methyl sites for hydroxylation is 1. The number of nitrogens with zero attached hydrogens (tertiary/aromatic N) is 2. The first-order valence-electron chi connectivity index (χ1n) is 6.84. The van der Waals surface area contributed by atoms with Crippen LogP contribution in [0.5, 0.6) is 0 Å². The Morgan fingerprint density at radius 2 is 2.12 bits per heavy atom. The molecule has 0 aliphatic heterocycles. The molecule has 17 heavy (non-hydrogen) atoms. The summed E-state index contributed by atoms with van der Waals surface area (Å²) in [5.74, 6) is 1.44. The van der Waals surface area contributed by atoms with Gasteiger partial charge in [0, 0.05) is 6.04 Å². The average molecular weight is 253 g/mol. The van der Waals surface area contributed by atoms with Crippen LogP contribution in [0.15, 0.2) is 0 Å². The minimum Gasteiger partial charge on any atom is -0.323 e. The molecule has 2 rings (SSSR count). The van der Waals surface area contributed by atoms with Crippen molar-refractivity contribution in [1.29, 1.82) is 0 Å². The Morgan fingerprint density at radius 1 is 1.35 bits per heavy atom. The van der Waals surface area contributed by atoms with Crippen molar-refractivity contribution in [3.05, 3.63) is 10.6 Å². The molecule has 96 valence electrons. The van der Waals surface area contributed by atoms with Gasteiger partial charge >= 0.3 is 0 Å². The Morgan fingerprint density at radius 3 is 2.82 bits per heavy atom. The fourth-order valence-corrected chi connectivity index (χ4v) is 3.94. The maximum Gasteiger partial charge on any atom is 0.0801 e. The monoisotopic (exact) mass is 253 g/mol. The van der Waals surface area contributed by atoms with E-state index in [1.165, 1.54) is 48.5 Å². The standard InChI is InChI=1S/C13H23N3S/c1-3-9-7-5-6-8-10(9)12(14)13-11(4-2)15-16-17-13/h9-10,12H,3-8,14H2,1-2H3. The van der Waals surface area contributed by atoms with Crippen molar-refractivity contribution in [2.75, 3.05) is 0 Å². The van der Waals surface area contributed by atoms with Gasteiger partial charge in [0.15, 0.2) is 0 Å². The third-order valence-electron chi connectivity index (χ3n) is 4.18. The number of aromatic nitrogens is 2. The van der Waals surface area contributed by atoms with Crippen molar-refractivity contribution < 1.29 is 0 Å². The quantitative estimate of drug-likeness (QED) is 0.895. The van der Waals surface area contributed by atoms with E-state index >= 15 is 0 Å². The molecule has 1 fully saturated rings. The number of nitrogens with two attached hydrogens (primary N) is 1. The Kier molecular flexibility index (Phi) is 4.51. The van der Waals surface area contributed by atoms with E-state index in [0.717, 1.165) is 18.0 Å². The molecular weight excluding hydrogens is 230 g/mol. The summed E-state index contributed by atoms with van der Waals surface area (Å²) in [6, 6.07) is 0.162. The van der Waals surface area contributed by atoms with E-state index in [9.17, 15) is 0 Å². The van der Waals surface area contributed by atoms with Gasteiger partial charge in [0.25, 0.3) is 0 Å². The molecule has 0 saturated heterocycles. The van der Waals surface area contributed by atoms with Gasteiger partial charge in [-0.25, -0.2) is 0 Å². The van der Waals surface area contributed by atoms with Gasteiger partial charge in [-0.05, 0) is 36.2 Å². The highest BCUT2D eigenvalue weighted by Crippen LogP contribution is 2.40. The second-order valence-electron chi connectivity index (χ2n) is 5.08. The predicted molar refractivity (Wildman–Crippen MR) is 72.0 cm³/mol. The van der Waals surface area contributed by atoms with Gasteiger partial charge in [0.2, 0.25) is 0 Å². The van der Waals surface area contributed by atoms with Crippen LogP contribution < -0.4 is 5.73 Å². The molecule has 1 aromatic heterocycles. The van der Waals surface area contributed by atoms with Crippen molar-refractivity contribution >= 4 is 11.5 Å². The second kappa shape index (κ2) is 5.91. The first-order chi connectivity index (χ1) is 8.27. The summed E-state index contributed by atoms with van der Waals surface area (Å²) in [4.78, 5) is 1.23. The lowest BCUT2D eigenvalue weighted by atomic mass is 9.73. The summed E-state index contributed by atoms with van der Waals surface area (Å²) in [6.07, 6.45) is 7.55.